The van der Waals surface area contributed by atoms with Gasteiger partial charge in [-0.1, -0.05) is 17.3 Å². The number of aromatic nitrogens is 2. The van der Waals surface area contributed by atoms with Crippen LogP contribution in [0.25, 0.3) is 0 Å². The maximum Gasteiger partial charge on any atom is 0.280 e. The van der Waals surface area contributed by atoms with Gasteiger partial charge in [0.2, 0.25) is 5.13 Å². The lowest BCUT2D eigenvalue weighted by molar-refractivity contribution is -0.110. The summed E-state index contributed by atoms with van der Waals surface area (Å²) in [6, 6.07) is 6.19. The summed E-state index contributed by atoms with van der Waals surface area (Å²) in [5.41, 5.74) is 0.503. The Balaban J connectivity index is 1.37. The van der Waals surface area contributed by atoms with E-state index in [9.17, 15) is 13.2 Å². The average molecular weight is 463 g/mol. The number of nitrogens with one attached hydrogen (secondary N) is 1. The van der Waals surface area contributed by atoms with Crippen LogP contribution in [0.4, 0.5) is 5.13 Å². The van der Waals surface area contributed by atoms with E-state index in [2.05, 4.69) is 19.8 Å². The van der Waals surface area contributed by atoms with Gasteiger partial charge in [0.15, 0.2) is 21.7 Å². The van der Waals surface area contributed by atoms with Crippen LogP contribution in [0.3, 0.4) is 0 Å². The molecular formula is C20H22N4O5S2. The third-order valence-electron chi connectivity index (χ3n) is 5.42. The number of nitrogens with zero attached hydrogens (tertiary/aromatic N) is 3. The number of benzene rings is 1. The van der Waals surface area contributed by atoms with Crippen molar-refractivity contribution in [2.45, 2.75) is 54.3 Å². The van der Waals surface area contributed by atoms with Crippen LogP contribution in [0.1, 0.15) is 49.4 Å². The Labute approximate surface area is 183 Å². The maximum absolute atomic E-state index is 13.0. The third-order valence-corrected chi connectivity index (χ3v) is 8.34. The fraction of sp³-hybridized carbons (Fsp3) is 0.500. The van der Waals surface area contributed by atoms with Crippen LogP contribution in [0.5, 0.6) is 0 Å². The summed E-state index contributed by atoms with van der Waals surface area (Å²) >= 11 is 1.13. The highest BCUT2D eigenvalue weighted by atomic mass is 32.2. The predicted molar refractivity (Wildman–Crippen MR) is 114 cm³/mol. The molecule has 3 fully saturated rings. The van der Waals surface area contributed by atoms with Crippen LogP contribution in [0.2, 0.25) is 0 Å². The van der Waals surface area contributed by atoms with Gasteiger partial charge in [0.25, 0.3) is 5.91 Å². The van der Waals surface area contributed by atoms with Gasteiger partial charge >= 0.3 is 0 Å². The molecule has 0 bridgehead atoms. The van der Waals surface area contributed by atoms with Crippen LogP contribution in [-0.2, 0) is 24.2 Å². The second-order valence-electron chi connectivity index (χ2n) is 7.99. The molecule has 1 saturated heterocycles. The second kappa shape index (κ2) is 8.29. The zero-order valence-electron chi connectivity index (χ0n) is 16.7. The van der Waals surface area contributed by atoms with Crippen molar-refractivity contribution in [3.63, 3.8) is 0 Å². The lowest BCUT2D eigenvalue weighted by Crippen LogP contribution is -2.25. The first-order valence-electron chi connectivity index (χ1n) is 10.3. The predicted octanol–water partition coefficient (Wildman–Crippen LogP) is 2.50. The molecule has 1 atom stereocenters. The molecule has 3 aliphatic rings. The van der Waals surface area contributed by atoms with Crippen LogP contribution in [-0.4, -0.2) is 54.0 Å². The summed E-state index contributed by atoms with van der Waals surface area (Å²) in [5, 5.41) is 6.94. The van der Waals surface area contributed by atoms with Crippen molar-refractivity contribution in [3.05, 3.63) is 35.7 Å². The normalized spacial score (nSPS) is 21.8. The lowest BCUT2D eigenvalue weighted by Gasteiger charge is -2.10. The van der Waals surface area contributed by atoms with Gasteiger partial charge in [-0.25, -0.2) is 13.4 Å². The number of oxime groups is 1. The van der Waals surface area contributed by atoms with Gasteiger partial charge < -0.3 is 9.57 Å². The molecule has 2 saturated carbocycles. The topological polar surface area (TPSA) is 120 Å². The molecule has 9 nitrogen and oxygen atoms in total. The summed E-state index contributed by atoms with van der Waals surface area (Å²) in [7, 11) is -3.31. The molecule has 164 valence electrons. The van der Waals surface area contributed by atoms with E-state index in [-0.39, 0.29) is 22.0 Å². The summed E-state index contributed by atoms with van der Waals surface area (Å²) in [6.07, 6.45) is 4.01. The van der Waals surface area contributed by atoms with Crippen LogP contribution in [0.15, 0.2) is 34.3 Å². The molecule has 0 spiro atoms. The van der Waals surface area contributed by atoms with Gasteiger partial charge in [-0.05, 0) is 37.8 Å². The maximum atomic E-state index is 13.0. The zero-order chi connectivity index (χ0) is 21.4. The Bertz CT molecular complexity index is 1100. The van der Waals surface area contributed by atoms with Crippen LogP contribution >= 0.6 is 11.5 Å². The minimum Gasteiger partial charge on any atom is -0.389 e. The smallest absolute Gasteiger partial charge is 0.280 e. The molecule has 1 N–H and O–H groups in total. The second-order valence-corrected chi connectivity index (χ2v) is 11.0. The van der Waals surface area contributed by atoms with Crippen molar-refractivity contribution < 1.29 is 22.8 Å². The van der Waals surface area contributed by atoms with Crippen molar-refractivity contribution in [2.24, 2.45) is 5.16 Å². The zero-order valence-corrected chi connectivity index (χ0v) is 18.3. The number of hydrogen-bond acceptors (Lipinski definition) is 9. The largest absolute Gasteiger partial charge is 0.389 e. The Hall–Kier alpha value is -2.37. The van der Waals surface area contributed by atoms with Gasteiger partial charge in [-0.2, -0.15) is 4.37 Å². The monoisotopic (exact) mass is 462 g/mol. The van der Waals surface area contributed by atoms with Gasteiger partial charge in [0, 0.05) is 29.4 Å². The molecule has 2 aliphatic carbocycles. The standard InChI is InChI=1S/C20H22N4O5S2/c25-19(22-20-21-18(24-30-20)13-1-2-13)17(23-29-14-9-10-28-11-14)12-3-5-15(6-4-12)31(26,27)16-7-8-16/h3-6,13-14,16H,1-2,7-11H2,(H,21,22,24,25)/t14-/m1/s1. The Kier molecular flexibility index (Phi) is 5.49. The highest BCUT2D eigenvalue weighted by Gasteiger charge is 2.37. The summed E-state index contributed by atoms with van der Waals surface area (Å²) in [4.78, 5) is 23.1. The third kappa shape index (κ3) is 4.63. The first-order chi connectivity index (χ1) is 15.0. The SMILES string of the molecule is O=C(Nc1nc(C2CC2)ns1)C(=NO[C@@H]1CCOC1)c1ccc(S(=O)(=O)C2CC2)cc1. The molecular weight excluding hydrogens is 440 g/mol. The molecule has 1 aromatic carbocycles. The van der Waals surface area contributed by atoms with E-state index >= 15 is 0 Å². The van der Waals surface area contributed by atoms with Crippen molar-refractivity contribution in [2.75, 3.05) is 18.5 Å². The van der Waals surface area contributed by atoms with E-state index in [4.69, 9.17) is 9.57 Å². The van der Waals surface area contributed by atoms with Crippen molar-refractivity contribution >= 4 is 38.1 Å². The Morgan fingerprint density at radius 1 is 1.16 bits per heavy atom. The highest BCUT2D eigenvalue weighted by Crippen LogP contribution is 2.39. The lowest BCUT2D eigenvalue weighted by atomic mass is 10.1. The summed E-state index contributed by atoms with van der Waals surface area (Å²) < 4.78 is 34.5. The quantitative estimate of drug-likeness (QED) is 0.473. The molecule has 5 rings (SSSR count). The summed E-state index contributed by atoms with van der Waals surface area (Å²) in [6.45, 7) is 1.00. The highest BCUT2D eigenvalue weighted by molar-refractivity contribution is 7.92. The molecule has 1 aliphatic heterocycles. The molecule has 31 heavy (non-hydrogen) atoms. The fourth-order valence-corrected chi connectivity index (χ4v) is 5.57. The number of carbonyl (C=O) groups is 1. The molecule has 0 radical (unpaired) electrons. The Morgan fingerprint density at radius 3 is 2.58 bits per heavy atom. The number of anilines is 1. The summed E-state index contributed by atoms with van der Waals surface area (Å²) in [5.74, 6) is 0.657. The molecule has 2 aromatic rings. The first-order valence-corrected chi connectivity index (χ1v) is 12.6. The van der Waals surface area contributed by atoms with Gasteiger partial charge in [-0.15, -0.1) is 0 Å². The van der Waals surface area contributed by atoms with Crippen molar-refractivity contribution in [3.8, 4) is 0 Å². The van der Waals surface area contributed by atoms with E-state index in [1.807, 2.05) is 0 Å². The van der Waals surface area contributed by atoms with Crippen LogP contribution < -0.4 is 5.32 Å². The number of rotatable bonds is 8. The molecule has 1 amide bonds. The van der Waals surface area contributed by atoms with Crippen molar-refractivity contribution in [1.29, 1.82) is 0 Å². The number of carbonyl (C=O) groups excluding carboxylic acids is 1. The van der Waals surface area contributed by atoms with E-state index in [0.717, 1.165) is 30.2 Å². The fourth-order valence-electron chi connectivity index (χ4n) is 3.27. The van der Waals surface area contributed by atoms with E-state index < -0.39 is 15.7 Å². The minimum atomic E-state index is -3.31. The number of amides is 1. The number of hydrogen-bond donors (Lipinski definition) is 1. The van der Waals surface area contributed by atoms with Gasteiger partial charge in [-0.3, -0.25) is 10.1 Å². The molecule has 1 aromatic heterocycles. The van der Waals surface area contributed by atoms with E-state index in [1.54, 1.807) is 12.1 Å². The van der Waals surface area contributed by atoms with E-state index in [0.29, 0.717) is 49.1 Å². The molecule has 0 unspecified atom stereocenters. The number of sulfone groups is 1. The molecule has 2 heterocycles. The average Bonchev–Trinajstić information content (AvgIpc) is 3.70. The van der Waals surface area contributed by atoms with Gasteiger partial charge in [0.05, 0.1) is 23.4 Å². The minimum absolute atomic E-state index is 0.0467. The van der Waals surface area contributed by atoms with Gasteiger partial charge in [0.1, 0.15) is 5.82 Å². The number of ether oxygens (including phenoxy) is 1. The first kappa shape index (κ1) is 20.5. The van der Waals surface area contributed by atoms with E-state index in [1.165, 1.54) is 12.1 Å². The van der Waals surface area contributed by atoms with Crippen LogP contribution in [0, 0.1) is 0 Å². The Morgan fingerprint density at radius 2 is 1.94 bits per heavy atom. The van der Waals surface area contributed by atoms with Crippen molar-refractivity contribution in [1.82, 2.24) is 9.36 Å². The molecule has 11 heteroatoms.